The van der Waals surface area contributed by atoms with Crippen LogP contribution in [0.2, 0.25) is 0 Å². The number of benzene rings is 1. The molecule has 13 heavy (non-hydrogen) atoms. The summed E-state index contributed by atoms with van der Waals surface area (Å²) in [4.78, 5) is 0. The second-order valence-electron chi connectivity index (χ2n) is 3.30. The molecule has 0 amide bonds. The van der Waals surface area contributed by atoms with E-state index in [-0.39, 0.29) is 0 Å². The highest BCUT2D eigenvalue weighted by Gasteiger charge is 2.11. The maximum atomic E-state index is 8.99. The highest BCUT2D eigenvalue weighted by molar-refractivity contribution is 14.1. The van der Waals surface area contributed by atoms with Crippen LogP contribution in [0.5, 0.6) is 0 Å². The molecule has 0 saturated carbocycles. The third-order valence-corrected chi connectivity index (χ3v) is 4.26. The van der Waals surface area contributed by atoms with E-state index in [1.54, 1.807) is 0 Å². The van der Waals surface area contributed by atoms with Crippen LogP contribution in [-0.4, -0.2) is 0 Å². The topological polar surface area (TPSA) is 23.8 Å². The van der Waals surface area contributed by atoms with Gasteiger partial charge in [0.25, 0.3) is 0 Å². The number of halogens is 1. The Labute approximate surface area is 92.9 Å². The molecule has 0 saturated heterocycles. The van der Waals surface area contributed by atoms with Crippen molar-refractivity contribution < 1.29 is 0 Å². The molecule has 0 heterocycles. The van der Waals surface area contributed by atoms with Gasteiger partial charge in [-0.25, -0.2) is 0 Å². The molecular weight excluding hydrogens is 273 g/mol. The van der Waals surface area contributed by atoms with Gasteiger partial charge in [0.15, 0.2) is 0 Å². The summed E-state index contributed by atoms with van der Waals surface area (Å²) in [5, 5.41) is 8.99. The molecule has 68 valence electrons. The molecule has 1 aromatic rings. The van der Waals surface area contributed by atoms with Gasteiger partial charge in [-0.3, -0.25) is 0 Å². The van der Waals surface area contributed by atoms with E-state index >= 15 is 0 Å². The number of hydrogen-bond donors (Lipinski definition) is 0. The monoisotopic (exact) mass is 285 g/mol. The van der Waals surface area contributed by atoms with Gasteiger partial charge in [0.2, 0.25) is 0 Å². The normalized spacial score (nSPS) is 9.85. The fourth-order valence-electron chi connectivity index (χ4n) is 1.43. The van der Waals surface area contributed by atoms with Crippen LogP contribution >= 0.6 is 22.6 Å². The number of hydrogen-bond acceptors (Lipinski definition) is 1. The zero-order valence-electron chi connectivity index (χ0n) is 8.33. The molecule has 0 aromatic heterocycles. The largest absolute Gasteiger partial charge is 0.192 e. The van der Waals surface area contributed by atoms with Gasteiger partial charge in [-0.1, -0.05) is 0 Å². The second kappa shape index (κ2) is 3.67. The minimum Gasteiger partial charge on any atom is -0.192 e. The lowest BCUT2D eigenvalue weighted by atomic mass is 9.95. The Hall–Kier alpha value is -0.560. The molecule has 0 N–H and O–H groups in total. The van der Waals surface area contributed by atoms with E-state index in [1.165, 1.54) is 14.7 Å². The van der Waals surface area contributed by atoms with Gasteiger partial charge >= 0.3 is 0 Å². The Morgan fingerprint density at radius 1 is 0.923 bits per heavy atom. The lowest BCUT2D eigenvalue weighted by molar-refractivity contribution is 1.19. The molecule has 1 aromatic carbocycles. The molecule has 0 aliphatic rings. The molecule has 2 heteroatoms. The second-order valence-corrected chi connectivity index (χ2v) is 4.38. The van der Waals surface area contributed by atoms with Gasteiger partial charge in [-0.05, 0) is 72.5 Å². The smallest absolute Gasteiger partial charge is 0.0997 e. The van der Waals surface area contributed by atoms with Crippen molar-refractivity contribution in [3.63, 3.8) is 0 Å². The molecule has 1 nitrogen and oxygen atoms in total. The summed E-state index contributed by atoms with van der Waals surface area (Å²) in [6, 6.07) is 2.27. The summed E-state index contributed by atoms with van der Waals surface area (Å²) < 4.78 is 1.28. The van der Waals surface area contributed by atoms with Crippen molar-refractivity contribution in [1.29, 1.82) is 5.26 Å². The highest BCUT2D eigenvalue weighted by Crippen LogP contribution is 2.26. The Morgan fingerprint density at radius 3 is 1.62 bits per heavy atom. The number of rotatable bonds is 0. The van der Waals surface area contributed by atoms with Crippen molar-refractivity contribution >= 4 is 22.6 Å². The van der Waals surface area contributed by atoms with E-state index in [4.69, 9.17) is 5.26 Å². The van der Waals surface area contributed by atoms with Crippen molar-refractivity contribution in [3.05, 3.63) is 31.4 Å². The molecule has 0 atom stereocenters. The summed E-state index contributed by atoms with van der Waals surface area (Å²) in [7, 11) is 0. The van der Waals surface area contributed by atoms with Gasteiger partial charge in [0.1, 0.15) is 0 Å². The average molecular weight is 285 g/mol. The van der Waals surface area contributed by atoms with Crippen molar-refractivity contribution in [1.82, 2.24) is 0 Å². The standard InChI is InChI=1S/C11H12IN/c1-6-8(3)11(12)9(4)7(2)10(6)5-13/h1-4H3. The van der Waals surface area contributed by atoms with Crippen LogP contribution in [0.3, 0.4) is 0 Å². The Morgan fingerprint density at radius 2 is 1.31 bits per heavy atom. The molecule has 0 unspecified atom stereocenters. The lowest BCUT2D eigenvalue weighted by Crippen LogP contribution is -1.99. The first-order valence-electron chi connectivity index (χ1n) is 4.16. The highest BCUT2D eigenvalue weighted by atomic mass is 127. The van der Waals surface area contributed by atoms with Gasteiger partial charge in [-0.2, -0.15) is 5.26 Å². The number of nitrogens with zero attached hydrogens (tertiary/aromatic N) is 1. The first-order chi connectivity index (χ1) is 6.00. The Kier molecular flexibility index (Phi) is 2.97. The predicted molar refractivity (Wildman–Crippen MR) is 62.8 cm³/mol. The van der Waals surface area contributed by atoms with Gasteiger partial charge in [0, 0.05) is 3.57 Å². The zero-order chi connectivity index (χ0) is 10.2. The SMILES string of the molecule is Cc1c(C)c(C#N)c(C)c(C)c1I. The summed E-state index contributed by atoms with van der Waals surface area (Å²) in [6.45, 7) is 8.18. The fraction of sp³-hybridized carbons (Fsp3) is 0.364. The lowest BCUT2D eigenvalue weighted by Gasteiger charge is -2.12. The minimum absolute atomic E-state index is 0.843. The van der Waals surface area contributed by atoms with Crippen LogP contribution < -0.4 is 0 Å². The Bertz CT molecular complexity index is 371. The minimum atomic E-state index is 0.843. The fourth-order valence-corrected chi connectivity index (χ4v) is 2.24. The molecule has 0 radical (unpaired) electrons. The first-order valence-corrected chi connectivity index (χ1v) is 5.24. The molecule has 0 bridgehead atoms. The van der Waals surface area contributed by atoms with Crippen molar-refractivity contribution in [2.24, 2.45) is 0 Å². The summed E-state index contributed by atoms with van der Waals surface area (Å²) >= 11 is 2.34. The molecular formula is C11H12IN. The van der Waals surface area contributed by atoms with Crippen molar-refractivity contribution in [2.75, 3.05) is 0 Å². The quantitative estimate of drug-likeness (QED) is 0.670. The third-order valence-electron chi connectivity index (χ3n) is 2.65. The molecule has 0 fully saturated rings. The van der Waals surface area contributed by atoms with Crippen molar-refractivity contribution in [3.8, 4) is 6.07 Å². The Balaban J connectivity index is 3.69. The molecule has 0 aliphatic heterocycles. The van der Waals surface area contributed by atoms with Gasteiger partial charge in [-0.15, -0.1) is 0 Å². The molecule has 0 spiro atoms. The van der Waals surface area contributed by atoms with E-state index in [9.17, 15) is 0 Å². The molecule has 1 rings (SSSR count). The van der Waals surface area contributed by atoms with Crippen LogP contribution in [0.4, 0.5) is 0 Å². The van der Waals surface area contributed by atoms with E-state index < -0.39 is 0 Å². The number of nitriles is 1. The van der Waals surface area contributed by atoms with Crippen molar-refractivity contribution in [2.45, 2.75) is 27.7 Å². The van der Waals surface area contributed by atoms with Crippen LogP contribution in [0.25, 0.3) is 0 Å². The van der Waals surface area contributed by atoms with E-state index in [0.29, 0.717) is 0 Å². The third kappa shape index (κ3) is 1.58. The first kappa shape index (κ1) is 10.5. The molecule has 0 aliphatic carbocycles. The maximum Gasteiger partial charge on any atom is 0.0997 e. The van der Waals surface area contributed by atoms with E-state index in [1.807, 2.05) is 13.8 Å². The maximum absolute atomic E-state index is 8.99. The summed E-state index contributed by atoms with van der Waals surface area (Å²) in [5.74, 6) is 0. The van der Waals surface area contributed by atoms with Crippen LogP contribution in [0.15, 0.2) is 0 Å². The summed E-state index contributed by atoms with van der Waals surface area (Å²) in [6.07, 6.45) is 0. The van der Waals surface area contributed by atoms with Crippen LogP contribution in [-0.2, 0) is 0 Å². The van der Waals surface area contributed by atoms with Crippen LogP contribution in [0.1, 0.15) is 27.8 Å². The zero-order valence-corrected chi connectivity index (χ0v) is 10.5. The average Bonchev–Trinajstić information content (AvgIpc) is 2.13. The summed E-state index contributed by atoms with van der Waals surface area (Å²) in [5.41, 5.74) is 5.56. The van der Waals surface area contributed by atoms with Gasteiger partial charge in [0.05, 0.1) is 11.6 Å². The predicted octanol–water partition coefficient (Wildman–Crippen LogP) is 3.40. The van der Waals surface area contributed by atoms with E-state index in [0.717, 1.165) is 16.7 Å². The van der Waals surface area contributed by atoms with E-state index in [2.05, 4.69) is 42.5 Å². The van der Waals surface area contributed by atoms with Crippen LogP contribution in [0, 0.1) is 42.6 Å². The van der Waals surface area contributed by atoms with Gasteiger partial charge < -0.3 is 0 Å².